The molecule has 2 aromatic rings. The summed E-state index contributed by atoms with van der Waals surface area (Å²) in [6.07, 6.45) is 1.09. The summed E-state index contributed by atoms with van der Waals surface area (Å²) in [6, 6.07) is 15.7. The summed E-state index contributed by atoms with van der Waals surface area (Å²) >= 11 is 0. The first-order chi connectivity index (χ1) is 14.5. The lowest BCUT2D eigenvalue weighted by atomic mass is 9.99. The second-order valence-electron chi connectivity index (χ2n) is 7.73. The Labute approximate surface area is 178 Å². The molecule has 6 nitrogen and oxygen atoms in total. The number of anilines is 2. The van der Waals surface area contributed by atoms with Crippen LogP contribution in [0.5, 0.6) is 5.75 Å². The molecule has 1 saturated heterocycles. The summed E-state index contributed by atoms with van der Waals surface area (Å²) in [4.78, 5) is 28.1. The van der Waals surface area contributed by atoms with Gasteiger partial charge in [0.15, 0.2) is 6.61 Å². The van der Waals surface area contributed by atoms with Crippen molar-refractivity contribution in [2.45, 2.75) is 33.1 Å². The van der Waals surface area contributed by atoms with Gasteiger partial charge in [0.05, 0.1) is 11.4 Å². The predicted molar refractivity (Wildman–Crippen MR) is 120 cm³/mol. The van der Waals surface area contributed by atoms with Crippen LogP contribution in [0, 0.1) is 0 Å². The molecule has 0 aromatic heterocycles. The van der Waals surface area contributed by atoms with Crippen LogP contribution < -0.4 is 15.0 Å². The number of nitrogens with one attached hydrogen (secondary N) is 1. The highest BCUT2D eigenvalue weighted by Crippen LogP contribution is 2.27. The van der Waals surface area contributed by atoms with Crippen molar-refractivity contribution in [3.8, 4) is 5.75 Å². The zero-order valence-electron chi connectivity index (χ0n) is 18.1. The van der Waals surface area contributed by atoms with Crippen molar-refractivity contribution in [2.24, 2.45) is 0 Å². The molecule has 0 saturated carbocycles. The Balaban J connectivity index is 1.56. The van der Waals surface area contributed by atoms with Crippen LogP contribution in [-0.2, 0) is 9.59 Å². The number of carbonyl (C=O) groups is 2. The summed E-state index contributed by atoms with van der Waals surface area (Å²) in [5.41, 5.74) is 2.99. The number of piperazine rings is 1. The van der Waals surface area contributed by atoms with E-state index < -0.39 is 0 Å². The summed E-state index contributed by atoms with van der Waals surface area (Å²) in [5, 5.41) is 2.96. The molecule has 0 aliphatic carbocycles. The SMILES string of the molecule is CC[C@H](C)c1ccc(OCC(=O)Nc2ccccc2N2CCN(C(C)=O)CC2)cc1. The number of benzene rings is 2. The highest BCUT2D eigenvalue weighted by molar-refractivity contribution is 5.95. The molecule has 1 aliphatic heterocycles. The van der Waals surface area contributed by atoms with Crippen LogP contribution >= 0.6 is 0 Å². The lowest BCUT2D eigenvalue weighted by Gasteiger charge is -2.36. The van der Waals surface area contributed by atoms with Crippen molar-refractivity contribution in [1.29, 1.82) is 0 Å². The van der Waals surface area contributed by atoms with Gasteiger partial charge in [0.2, 0.25) is 5.91 Å². The van der Waals surface area contributed by atoms with Crippen molar-refractivity contribution >= 4 is 23.2 Å². The fraction of sp³-hybridized carbons (Fsp3) is 0.417. The largest absolute Gasteiger partial charge is 0.484 e. The minimum atomic E-state index is -0.198. The van der Waals surface area contributed by atoms with Gasteiger partial charge in [-0.1, -0.05) is 38.1 Å². The smallest absolute Gasteiger partial charge is 0.262 e. The van der Waals surface area contributed by atoms with Gasteiger partial charge in [-0.05, 0) is 42.2 Å². The third-order valence-corrected chi connectivity index (χ3v) is 5.68. The van der Waals surface area contributed by atoms with Gasteiger partial charge in [-0.3, -0.25) is 9.59 Å². The molecule has 0 bridgehead atoms. The number of rotatable bonds is 7. The van der Waals surface area contributed by atoms with E-state index in [2.05, 4.69) is 36.2 Å². The molecule has 1 atom stereocenters. The van der Waals surface area contributed by atoms with Crippen molar-refractivity contribution in [2.75, 3.05) is 43.0 Å². The number of nitrogens with zero attached hydrogens (tertiary/aromatic N) is 2. The number of hydrogen-bond acceptors (Lipinski definition) is 4. The molecule has 6 heteroatoms. The van der Waals surface area contributed by atoms with Crippen molar-refractivity contribution in [3.63, 3.8) is 0 Å². The number of ether oxygens (including phenoxy) is 1. The summed E-state index contributed by atoms with van der Waals surface area (Å²) < 4.78 is 5.66. The van der Waals surface area contributed by atoms with Gasteiger partial charge in [-0.2, -0.15) is 0 Å². The molecule has 160 valence electrons. The molecule has 2 aromatic carbocycles. The van der Waals surface area contributed by atoms with Crippen LogP contribution in [-0.4, -0.2) is 49.5 Å². The maximum atomic E-state index is 12.5. The zero-order chi connectivity index (χ0) is 21.5. The Morgan fingerprint density at radius 1 is 1.03 bits per heavy atom. The van der Waals surface area contributed by atoms with Crippen molar-refractivity contribution < 1.29 is 14.3 Å². The lowest BCUT2D eigenvalue weighted by molar-refractivity contribution is -0.129. The average molecular weight is 410 g/mol. The Morgan fingerprint density at radius 3 is 2.33 bits per heavy atom. The first-order valence-corrected chi connectivity index (χ1v) is 10.6. The first-order valence-electron chi connectivity index (χ1n) is 10.6. The van der Waals surface area contributed by atoms with Gasteiger partial charge in [-0.15, -0.1) is 0 Å². The molecule has 1 heterocycles. The topological polar surface area (TPSA) is 61.9 Å². The number of para-hydroxylation sites is 2. The summed E-state index contributed by atoms with van der Waals surface area (Å²) in [5.74, 6) is 1.10. The van der Waals surface area contributed by atoms with Crippen LogP contribution in [0.25, 0.3) is 0 Å². The molecule has 0 unspecified atom stereocenters. The number of amides is 2. The average Bonchev–Trinajstić information content (AvgIpc) is 2.78. The van der Waals surface area contributed by atoms with E-state index >= 15 is 0 Å². The molecule has 1 fully saturated rings. The number of carbonyl (C=O) groups excluding carboxylic acids is 2. The minimum Gasteiger partial charge on any atom is -0.484 e. The van der Waals surface area contributed by atoms with E-state index in [0.717, 1.165) is 30.9 Å². The van der Waals surface area contributed by atoms with Gasteiger partial charge in [0, 0.05) is 33.1 Å². The van der Waals surface area contributed by atoms with Crippen LogP contribution in [0.3, 0.4) is 0 Å². The van der Waals surface area contributed by atoms with Crippen LogP contribution in [0.15, 0.2) is 48.5 Å². The maximum absolute atomic E-state index is 12.5. The van der Waals surface area contributed by atoms with E-state index in [4.69, 9.17) is 4.74 Å². The fourth-order valence-corrected chi connectivity index (χ4v) is 3.58. The Kier molecular flexibility index (Phi) is 7.33. The number of hydrogen-bond donors (Lipinski definition) is 1. The Morgan fingerprint density at radius 2 is 1.70 bits per heavy atom. The van der Waals surface area contributed by atoms with E-state index in [1.165, 1.54) is 5.56 Å². The van der Waals surface area contributed by atoms with E-state index in [-0.39, 0.29) is 18.4 Å². The Bertz CT molecular complexity index is 858. The molecule has 30 heavy (non-hydrogen) atoms. The van der Waals surface area contributed by atoms with Crippen LogP contribution in [0.2, 0.25) is 0 Å². The maximum Gasteiger partial charge on any atom is 0.262 e. The van der Waals surface area contributed by atoms with Crippen LogP contribution in [0.4, 0.5) is 11.4 Å². The van der Waals surface area contributed by atoms with Crippen molar-refractivity contribution in [3.05, 3.63) is 54.1 Å². The van der Waals surface area contributed by atoms with Gasteiger partial charge < -0.3 is 19.9 Å². The first kappa shape index (κ1) is 21.7. The van der Waals surface area contributed by atoms with E-state index in [0.29, 0.717) is 24.8 Å². The summed E-state index contributed by atoms with van der Waals surface area (Å²) in [7, 11) is 0. The minimum absolute atomic E-state index is 0.0465. The van der Waals surface area contributed by atoms with E-state index in [9.17, 15) is 9.59 Å². The lowest BCUT2D eigenvalue weighted by Crippen LogP contribution is -2.48. The molecule has 2 amide bonds. The normalized spacial score (nSPS) is 14.9. The highest BCUT2D eigenvalue weighted by Gasteiger charge is 2.21. The second kappa shape index (κ2) is 10.1. The molecule has 3 rings (SSSR count). The van der Waals surface area contributed by atoms with E-state index in [1.54, 1.807) is 6.92 Å². The van der Waals surface area contributed by atoms with Crippen LogP contribution in [0.1, 0.15) is 38.7 Å². The third-order valence-electron chi connectivity index (χ3n) is 5.68. The molecule has 0 spiro atoms. The van der Waals surface area contributed by atoms with E-state index in [1.807, 2.05) is 41.3 Å². The van der Waals surface area contributed by atoms with Gasteiger partial charge in [-0.25, -0.2) is 0 Å². The molecular formula is C24H31N3O3. The van der Waals surface area contributed by atoms with Crippen molar-refractivity contribution in [1.82, 2.24) is 4.90 Å². The summed E-state index contributed by atoms with van der Waals surface area (Å²) in [6.45, 7) is 8.77. The predicted octanol–water partition coefficient (Wildman–Crippen LogP) is 3.89. The fourth-order valence-electron chi connectivity index (χ4n) is 3.58. The third kappa shape index (κ3) is 5.53. The standard InChI is InChI=1S/C24H31N3O3/c1-4-18(2)20-9-11-21(12-10-20)30-17-24(29)25-22-7-5-6-8-23(22)27-15-13-26(14-16-27)19(3)28/h5-12,18H,4,13-17H2,1-3H3,(H,25,29)/t18-/m0/s1. The second-order valence-corrected chi connectivity index (χ2v) is 7.73. The Hall–Kier alpha value is -3.02. The molecular weight excluding hydrogens is 378 g/mol. The van der Waals surface area contributed by atoms with Gasteiger partial charge in [0.1, 0.15) is 5.75 Å². The zero-order valence-corrected chi connectivity index (χ0v) is 18.1. The molecule has 1 N–H and O–H groups in total. The quantitative estimate of drug-likeness (QED) is 0.754. The highest BCUT2D eigenvalue weighted by atomic mass is 16.5. The van der Waals surface area contributed by atoms with Gasteiger partial charge >= 0.3 is 0 Å². The molecule has 1 aliphatic rings. The van der Waals surface area contributed by atoms with Gasteiger partial charge in [0.25, 0.3) is 5.91 Å². The molecule has 0 radical (unpaired) electrons. The monoisotopic (exact) mass is 409 g/mol.